The number of carboxylic acids is 1. The van der Waals surface area contributed by atoms with E-state index in [1.807, 2.05) is 0 Å². The molecule has 1 aliphatic heterocycles. The van der Waals surface area contributed by atoms with Gasteiger partial charge in [0.1, 0.15) is 6.04 Å². The number of ether oxygens (including phenoxy) is 1. The van der Waals surface area contributed by atoms with Crippen molar-refractivity contribution in [3.05, 3.63) is 0 Å². The lowest BCUT2D eigenvalue weighted by atomic mass is 10.0. The zero-order valence-corrected chi connectivity index (χ0v) is 11.0. The maximum absolute atomic E-state index is 11.9. The van der Waals surface area contributed by atoms with E-state index in [0.29, 0.717) is 6.42 Å². The fourth-order valence-corrected chi connectivity index (χ4v) is 1.97. The van der Waals surface area contributed by atoms with Gasteiger partial charge in [-0.05, 0) is 25.8 Å². The number of hydrogen-bond acceptors (Lipinski definition) is 5. The summed E-state index contributed by atoms with van der Waals surface area (Å²) < 4.78 is 4.44. The summed E-state index contributed by atoms with van der Waals surface area (Å²) in [5.41, 5.74) is 0. The van der Waals surface area contributed by atoms with E-state index in [9.17, 15) is 14.4 Å². The zero-order chi connectivity index (χ0) is 14.3. The molecule has 0 aromatic heterocycles. The summed E-state index contributed by atoms with van der Waals surface area (Å²) in [5, 5.41) is 14.5. The molecule has 0 saturated carbocycles. The second-order valence-corrected chi connectivity index (χ2v) is 4.52. The van der Waals surface area contributed by atoms with Gasteiger partial charge in [0, 0.05) is 6.42 Å². The molecular weight excluding hydrogens is 252 g/mol. The van der Waals surface area contributed by atoms with Gasteiger partial charge >= 0.3 is 11.9 Å². The van der Waals surface area contributed by atoms with Gasteiger partial charge in [-0.15, -0.1) is 0 Å². The fraction of sp³-hybridized carbons (Fsp3) is 0.750. The van der Waals surface area contributed by atoms with E-state index >= 15 is 0 Å². The molecular formula is C12H20N2O5. The molecule has 19 heavy (non-hydrogen) atoms. The van der Waals surface area contributed by atoms with Gasteiger partial charge in [0.25, 0.3) is 0 Å². The lowest BCUT2D eigenvalue weighted by Crippen LogP contribution is -2.51. The second-order valence-electron chi connectivity index (χ2n) is 4.52. The number of carbonyl (C=O) groups is 3. The highest BCUT2D eigenvalue weighted by atomic mass is 16.5. The molecule has 1 fully saturated rings. The lowest BCUT2D eigenvalue weighted by Gasteiger charge is -2.24. The summed E-state index contributed by atoms with van der Waals surface area (Å²) in [5.74, 6) is -1.96. The minimum atomic E-state index is -1.15. The Kier molecular flexibility index (Phi) is 6.27. The van der Waals surface area contributed by atoms with Crippen LogP contribution in [0.5, 0.6) is 0 Å². The van der Waals surface area contributed by atoms with Crippen LogP contribution in [0.15, 0.2) is 0 Å². The van der Waals surface area contributed by atoms with Crippen LogP contribution in [0.4, 0.5) is 0 Å². The maximum atomic E-state index is 11.9. The molecule has 1 aliphatic rings. The minimum absolute atomic E-state index is 0.0282. The lowest BCUT2D eigenvalue weighted by molar-refractivity contribution is -0.144. The van der Waals surface area contributed by atoms with Crippen molar-refractivity contribution in [2.75, 3.05) is 13.7 Å². The molecule has 3 N–H and O–H groups in total. The first kappa shape index (κ1) is 15.4. The van der Waals surface area contributed by atoms with Gasteiger partial charge in [0.15, 0.2) is 0 Å². The van der Waals surface area contributed by atoms with Gasteiger partial charge in [-0.2, -0.15) is 0 Å². The summed E-state index contributed by atoms with van der Waals surface area (Å²) in [7, 11) is 1.24. The Morgan fingerprint density at radius 1 is 1.42 bits per heavy atom. The molecule has 7 heteroatoms. The number of carbonyl (C=O) groups excluding carboxylic acids is 2. The molecule has 108 valence electrons. The average molecular weight is 272 g/mol. The van der Waals surface area contributed by atoms with Crippen LogP contribution in [0.1, 0.15) is 32.1 Å². The standard InChI is InChI=1S/C12H20N2O5/c1-19-10(15)6-5-9(12(17)18)14-11(16)8-4-2-3-7-13-8/h8-9,13H,2-7H2,1H3,(H,14,16)(H,17,18)/t8-,9+/m0/s1. The van der Waals surface area contributed by atoms with Crippen LogP contribution in [-0.4, -0.2) is 48.7 Å². The van der Waals surface area contributed by atoms with Gasteiger partial charge in [0.05, 0.1) is 13.2 Å². The normalized spacial score (nSPS) is 20.4. The molecule has 1 rings (SSSR count). The Hall–Kier alpha value is -1.63. The Morgan fingerprint density at radius 2 is 2.16 bits per heavy atom. The fourth-order valence-electron chi connectivity index (χ4n) is 1.97. The van der Waals surface area contributed by atoms with Crippen molar-refractivity contribution >= 4 is 17.8 Å². The summed E-state index contributed by atoms with van der Waals surface area (Å²) in [4.78, 5) is 33.9. The molecule has 0 aromatic rings. The third-order valence-electron chi connectivity index (χ3n) is 3.11. The number of carboxylic acid groups (broad SMARTS) is 1. The number of nitrogens with one attached hydrogen (secondary N) is 2. The molecule has 0 bridgehead atoms. The topological polar surface area (TPSA) is 105 Å². The molecule has 2 atom stereocenters. The van der Waals surface area contributed by atoms with Gasteiger partial charge in [-0.25, -0.2) is 4.79 Å². The summed E-state index contributed by atoms with van der Waals surface area (Å²) in [6, 6.07) is -1.40. The quantitative estimate of drug-likeness (QED) is 0.571. The highest BCUT2D eigenvalue weighted by Crippen LogP contribution is 2.08. The van der Waals surface area contributed by atoms with Crippen molar-refractivity contribution in [1.29, 1.82) is 0 Å². The summed E-state index contributed by atoms with van der Waals surface area (Å²) in [6.45, 7) is 0.762. The van der Waals surface area contributed by atoms with Gasteiger partial charge < -0.3 is 20.5 Å². The molecule has 0 spiro atoms. The first-order valence-electron chi connectivity index (χ1n) is 6.38. The Balaban J connectivity index is 2.45. The van der Waals surface area contributed by atoms with Crippen LogP contribution >= 0.6 is 0 Å². The molecule has 7 nitrogen and oxygen atoms in total. The zero-order valence-electron chi connectivity index (χ0n) is 11.0. The number of piperidine rings is 1. The van der Waals surface area contributed by atoms with E-state index in [0.717, 1.165) is 19.4 Å². The Morgan fingerprint density at radius 3 is 2.68 bits per heavy atom. The van der Waals surface area contributed by atoms with Crippen LogP contribution in [0, 0.1) is 0 Å². The van der Waals surface area contributed by atoms with E-state index < -0.39 is 18.0 Å². The van der Waals surface area contributed by atoms with E-state index in [1.54, 1.807) is 0 Å². The molecule has 0 unspecified atom stereocenters. The largest absolute Gasteiger partial charge is 0.480 e. The van der Waals surface area contributed by atoms with Gasteiger partial charge in [-0.1, -0.05) is 6.42 Å². The number of methoxy groups -OCH3 is 1. The van der Waals surface area contributed by atoms with Crippen LogP contribution in [0.2, 0.25) is 0 Å². The SMILES string of the molecule is COC(=O)CC[C@@H](NC(=O)[C@@H]1CCCCN1)C(=O)O. The molecule has 1 amide bonds. The average Bonchev–Trinajstić information content (AvgIpc) is 2.43. The van der Waals surface area contributed by atoms with E-state index in [4.69, 9.17) is 5.11 Å². The van der Waals surface area contributed by atoms with E-state index in [2.05, 4.69) is 15.4 Å². The Labute approximate surface area is 111 Å². The third-order valence-corrected chi connectivity index (χ3v) is 3.11. The van der Waals surface area contributed by atoms with Crippen molar-refractivity contribution in [3.63, 3.8) is 0 Å². The Bertz CT molecular complexity index is 339. The van der Waals surface area contributed by atoms with Crippen molar-refractivity contribution in [1.82, 2.24) is 10.6 Å². The third kappa shape index (κ3) is 5.25. The number of esters is 1. The predicted molar refractivity (Wildman–Crippen MR) is 66.5 cm³/mol. The summed E-state index contributed by atoms with van der Waals surface area (Å²) >= 11 is 0. The monoisotopic (exact) mass is 272 g/mol. The number of amides is 1. The smallest absolute Gasteiger partial charge is 0.326 e. The van der Waals surface area contributed by atoms with Crippen molar-refractivity contribution in [3.8, 4) is 0 Å². The molecule has 1 saturated heterocycles. The second kappa shape index (κ2) is 7.73. The van der Waals surface area contributed by atoms with Crippen LogP contribution in [0.3, 0.4) is 0 Å². The number of rotatable bonds is 6. The van der Waals surface area contributed by atoms with Crippen molar-refractivity contribution in [2.45, 2.75) is 44.2 Å². The number of aliphatic carboxylic acids is 1. The minimum Gasteiger partial charge on any atom is -0.480 e. The molecule has 1 heterocycles. The number of hydrogen-bond donors (Lipinski definition) is 3. The van der Waals surface area contributed by atoms with Crippen LogP contribution in [-0.2, 0) is 19.1 Å². The van der Waals surface area contributed by atoms with Crippen molar-refractivity contribution < 1.29 is 24.2 Å². The van der Waals surface area contributed by atoms with Gasteiger partial charge in [-0.3, -0.25) is 9.59 Å². The highest BCUT2D eigenvalue weighted by molar-refractivity contribution is 5.87. The maximum Gasteiger partial charge on any atom is 0.326 e. The first-order chi connectivity index (χ1) is 9.04. The summed E-state index contributed by atoms with van der Waals surface area (Å²) in [6.07, 6.45) is 2.67. The molecule has 0 aliphatic carbocycles. The highest BCUT2D eigenvalue weighted by Gasteiger charge is 2.26. The molecule has 0 radical (unpaired) electrons. The van der Waals surface area contributed by atoms with Gasteiger partial charge in [0.2, 0.25) is 5.91 Å². The van der Waals surface area contributed by atoms with E-state index in [1.165, 1.54) is 7.11 Å². The van der Waals surface area contributed by atoms with E-state index in [-0.39, 0.29) is 24.8 Å². The predicted octanol–water partition coefficient (Wildman–Crippen LogP) is -0.349. The first-order valence-corrected chi connectivity index (χ1v) is 6.38. The van der Waals surface area contributed by atoms with Crippen LogP contribution in [0.25, 0.3) is 0 Å². The molecule has 0 aromatic carbocycles. The van der Waals surface area contributed by atoms with Crippen LogP contribution < -0.4 is 10.6 Å². The van der Waals surface area contributed by atoms with Crippen molar-refractivity contribution in [2.24, 2.45) is 0 Å².